The maximum atomic E-state index is 12.9. The second-order valence-electron chi connectivity index (χ2n) is 10.3. The van der Waals surface area contributed by atoms with Crippen LogP contribution in [0, 0.1) is 5.92 Å². The minimum Gasteiger partial charge on any atom is -0.397 e. The third-order valence-electron chi connectivity index (χ3n) is 6.78. The van der Waals surface area contributed by atoms with Crippen LogP contribution < -0.4 is 16.4 Å². The molecule has 0 aromatic carbocycles. The number of rotatable bonds is 13. The molecule has 0 bridgehead atoms. The van der Waals surface area contributed by atoms with E-state index in [9.17, 15) is 22.8 Å². The van der Waals surface area contributed by atoms with Crippen LogP contribution in [0.3, 0.4) is 0 Å². The zero-order valence-electron chi connectivity index (χ0n) is 22.4. The van der Waals surface area contributed by atoms with E-state index in [2.05, 4.69) is 35.2 Å². The van der Waals surface area contributed by atoms with Crippen molar-refractivity contribution in [2.75, 3.05) is 13.2 Å². The molecule has 10 heteroatoms. The summed E-state index contributed by atoms with van der Waals surface area (Å²) in [7, 11) is 0. The Kier molecular flexibility index (Phi) is 10.1. The van der Waals surface area contributed by atoms with Crippen molar-refractivity contribution in [1.29, 1.82) is 0 Å². The number of allylic oxidation sites excluding steroid dienone is 6. The van der Waals surface area contributed by atoms with Gasteiger partial charge in [-0.1, -0.05) is 55.5 Å². The number of hydrogen-bond donors (Lipinski definition) is 3. The summed E-state index contributed by atoms with van der Waals surface area (Å²) < 4.78 is 42.9. The third kappa shape index (κ3) is 9.09. The summed E-state index contributed by atoms with van der Waals surface area (Å²) >= 11 is 0. The molecule has 7 nitrogen and oxygen atoms in total. The molecule has 1 fully saturated rings. The van der Waals surface area contributed by atoms with Crippen molar-refractivity contribution < 1.29 is 27.5 Å². The van der Waals surface area contributed by atoms with Crippen LogP contribution in [0.2, 0.25) is 0 Å². The van der Waals surface area contributed by atoms with Gasteiger partial charge in [0.15, 0.2) is 0 Å². The average molecular weight is 547 g/mol. The molecule has 2 unspecified atom stereocenters. The van der Waals surface area contributed by atoms with Crippen molar-refractivity contribution >= 4 is 18.0 Å². The molecule has 0 aromatic rings. The van der Waals surface area contributed by atoms with Gasteiger partial charge < -0.3 is 21.1 Å². The highest BCUT2D eigenvalue weighted by molar-refractivity contribution is 6.46. The molecule has 0 aromatic heterocycles. The highest BCUT2D eigenvalue weighted by atomic mass is 19.4. The van der Waals surface area contributed by atoms with Crippen LogP contribution in [0.4, 0.5) is 13.2 Å². The summed E-state index contributed by atoms with van der Waals surface area (Å²) in [4.78, 5) is 28.7. The van der Waals surface area contributed by atoms with Crippen LogP contribution in [0.5, 0.6) is 0 Å². The predicted molar refractivity (Wildman–Crippen MR) is 146 cm³/mol. The van der Waals surface area contributed by atoms with E-state index in [0.29, 0.717) is 37.2 Å². The van der Waals surface area contributed by atoms with E-state index < -0.39 is 24.3 Å². The molecule has 39 heavy (non-hydrogen) atoms. The topological polar surface area (TPSA) is 106 Å². The molecule has 0 radical (unpaired) electrons. The van der Waals surface area contributed by atoms with Gasteiger partial charge in [-0.25, -0.2) is 0 Å². The predicted octanol–water partition coefficient (Wildman–Crippen LogP) is 4.71. The lowest BCUT2D eigenvalue weighted by Gasteiger charge is -2.31. The van der Waals surface area contributed by atoms with Gasteiger partial charge >= 0.3 is 6.18 Å². The van der Waals surface area contributed by atoms with Crippen LogP contribution in [-0.4, -0.2) is 49.0 Å². The fourth-order valence-corrected chi connectivity index (χ4v) is 4.57. The molecule has 212 valence electrons. The van der Waals surface area contributed by atoms with Gasteiger partial charge in [0.25, 0.3) is 5.91 Å². The normalized spacial score (nSPS) is 24.6. The number of nitrogens with zero attached hydrogens (tertiary/aromatic N) is 1. The minimum atomic E-state index is -4.40. The van der Waals surface area contributed by atoms with Gasteiger partial charge in [0.05, 0.1) is 23.5 Å². The first-order valence-corrected chi connectivity index (χ1v) is 13.2. The van der Waals surface area contributed by atoms with Crippen LogP contribution in [0.25, 0.3) is 0 Å². The van der Waals surface area contributed by atoms with E-state index in [1.54, 1.807) is 25.2 Å². The molecule has 1 saturated carbocycles. The maximum Gasteiger partial charge on any atom is 0.411 e. The van der Waals surface area contributed by atoms with Crippen molar-refractivity contribution in [2.45, 2.75) is 70.2 Å². The Bertz CT molecular complexity index is 1140. The monoisotopic (exact) mass is 546 g/mol. The lowest BCUT2D eigenvalue weighted by atomic mass is 9.88. The summed E-state index contributed by atoms with van der Waals surface area (Å²) in [5, 5.41) is 5.40. The lowest BCUT2D eigenvalue weighted by molar-refractivity contribution is -0.194. The second kappa shape index (κ2) is 13.1. The Morgan fingerprint density at radius 3 is 2.72 bits per heavy atom. The van der Waals surface area contributed by atoms with Crippen molar-refractivity contribution in [3.8, 4) is 0 Å². The average Bonchev–Trinajstić information content (AvgIpc) is 3.72. The molecular formula is C29H37F3N4O3. The quantitative estimate of drug-likeness (QED) is 0.230. The fourth-order valence-electron chi connectivity index (χ4n) is 4.57. The number of nitrogens with one attached hydrogen (secondary N) is 2. The molecule has 2 amide bonds. The van der Waals surface area contributed by atoms with Crippen molar-refractivity contribution in [3.63, 3.8) is 0 Å². The standard InChI is InChI=1S/C29H37F3N4O3/c1-4-6-21(22-11-12-22)10-8-19(2)24(33)25(35-18-37)26-27(38)36-23(16-34-26)13-9-20-7-5-14-28(3,15-20)39-17-29(30,31)32/h5-8,10,14,18,22-23H,2,4,9,11-13,15-17,33H2,1,3H3,(H,35,37)(H,36,38)/b10-8-,21-6+,25-24?. The second-order valence-corrected chi connectivity index (χ2v) is 10.3. The Labute approximate surface area is 227 Å². The Balaban J connectivity index is 1.63. The summed E-state index contributed by atoms with van der Waals surface area (Å²) in [6.45, 7) is 6.64. The first kappa shape index (κ1) is 30.1. The molecule has 2 atom stereocenters. The Hall–Kier alpha value is -3.40. The maximum absolute atomic E-state index is 12.9. The van der Waals surface area contributed by atoms with Crippen molar-refractivity contribution in [3.05, 3.63) is 71.1 Å². The number of carbonyl (C=O) groups is 2. The summed E-state index contributed by atoms with van der Waals surface area (Å²) in [5.41, 5.74) is 8.11. The molecule has 3 aliphatic rings. The van der Waals surface area contributed by atoms with Gasteiger partial charge in [0.1, 0.15) is 12.3 Å². The number of halogens is 3. The first-order chi connectivity index (χ1) is 18.4. The van der Waals surface area contributed by atoms with Crippen LogP contribution >= 0.6 is 0 Å². The smallest absolute Gasteiger partial charge is 0.397 e. The summed E-state index contributed by atoms with van der Waals surface area (Å²) in [6, 6.07) is -0.280. The highest BCUT2D eigenvalue weighted by Crippen LogP contribution is 2.37. The minimum absolute atomic E-state index is 0.0184. The molecule has 2 aliphatic carbocycles. The molecule has 1 heterocycles. The van der Waals surface area contributed by atoms with Gasteiger partial charge in [-0.05, 0) is 56.1 Å². The van der Waals surface area contributed by atoms with Crippen LogP contribution in [0.1, 0.15) is 52.4 Å². The van der Waals surface area contributed by atoms with Gasteiger partial charge in [-0.2, -0.15) is 13.2 Å². The zero-order valence-corrected chi connectivity index (χ0v) is 22.4. The van der Waals surface area contributed by atoms with Crippen LogP contribution in [0.15, 0.2) is 76.1 Å². The number of ether oxygens (including phenoxy) is 1. The third-order valence-corrected chi connectivity index (χ3v) is 6.78. The number of amides is 2. The molecule has 0 saturated heterocycles. The van der Waals surface area contributed by atoms with Gasteiger partial charge in [-0.3, -0.25) is 14.6 Å². The summed E-state index contributed by atoms with van der Waals surface area (Å²) in [5.74, 6) is 0.0782. The number of carbonyl (C=O) groups excluding carboxylic acids is 2. The fraction of sp³-hybridized carbons (Fsp3) is 0.483. The van der Waals surface area contributed by atoms with E-state index in [0.717, 1.165) is 24.8 Å². The molecule has 3 rings (SSSR count). The van der Waals surface area contributed by atoms with Crippen LogP contribution in [-0.2, 0) is 14.3 Å². The van der Waals surface area contributed by atoms with E-state index in [4.69, 9.17) is 10.5 Å². The number of hydrogen-bond acceptors (Lipinski definition) is 5. The Morgan fingerprint density at radius 2 is 2.10 bits per heavy atom. The zero-order chi connectivity index (χ0) is 28.6. The van der Waals surface area contributed by atoms with Gasteiger partial charge in [-0.15, -0.1) is 0 Å². The number of nitrogens with two attached hydrogens (primary N) is 1. The lowest BCUT2D eigenvalue weighted by Crippen LogP contribution is -2.48. The number of aliphatic imine (C=N–C) groups is 1. The van der Waals surface area contributed by atoms with E-state index in [1.165, 1.54) is 5.57 Å². The van der Waals surface area contributed by atoms with E-state index in [1.807, 2.05) is 12.2 Å². The molecular weight excluding hydrogens is 509 g/mol. The SMILES string of the molecule is C=C(/C=C\C(=C/CC)C1CC1)C(N)=C(NC=O)C1=NCC(CCC2=CC=CC(C)(OCC(F)(F)F)C2)NC1=O. The van der Waals surface area contributed by atoms with E-state index >= 15 is 0 Å². The molecule has 1 aliphatic heterocycles. The Morgan fingerprint density at radius 1 is 1.36 bits per heavy atom. The largest absolute Gasteiger partial charge is 0.411 e. The van der Waals surface area contributed by atoms with Gasteiger partial charge in [0, 0.05) is 12.5 Å². The van der Waals surface area contributed by atoms with Crippen molar-refractivity contribution in [2.24, 2.45) is 16.6 Å². The number of alkyl halides is 3. The van der Waals surface area contributed by atoms with Gasteiger partial charge in [0.2, 0.25) is 6.41 Å². The molecule has 0 spiro atoms. The first-order valence-electron chi connectivity index (χ1n) is 13.2. The molecule has 4 N–H and O–H groups in total. The van der Waals surface area contributed by atoms with Crippen molar-refractivity contribution in [1.82, 2.24) is 10.6 Å². The van der Waals surface area contributed by atoms with E-state index in [-0.39, 0.29) is 29.7 Å². The summed E-state index contributed by atoms with van der Waals surface area (Å²) in [6.07, 6.45) is 11.8. The highest BCUT2D eigenvalue weighted by Gasteiger charge is 2.34.